The highest BCUT2D eigenvalue weighted by atomic mass is 16.3. The number of aliphatic hydroxyl groups is 1. The Kier molecular flexibility index (Phi) is 5.65. The van der Waals surface area contributed by atoms with Crippen molar-refractivity contribution in [1.82, 2.24) is 19.6 Å². The second kappa shape index (κ2) is 8.00. The summed E-state index contributed by atoms with van der Waals surface area (Å²) in [6.07, 6.45) is 3.12. The minimum Gasteiger partial charge on any atom is -0.396 e. The third kappa shape index (κ3) is 3.84. The van der Waals surface area contributed by atoms with Gasteiger partial charge in [-0.15, -0.1) is 0 Å². The summed E-state index contributed by atoms with van der Waals surface area (Å²) in [5.74, 6) is -1.37. The smallest absolute Gasteiger partial charge is 0.284 e. The van der Waals surface area contributed by atoms with Crippen LogP contribution in [-0.4, -0.2) is 37.2 Å². The average Bonchev–Trinajstić information content (AvgIpc) is 3.09. The molecule has 2 aromatic heterocycles. The molecule has 0 spiro atoms. The summed E-state index contributed by atoms with van der Waals surface area (Å²) in [6, 6.07) is 7.60. The van der Waals surface area contributed by atoms with Gasteiger partial charge in [0.05, 0.1) is 24.7 Å². The van der Waals surface area contributed by atoms with Gasteiger partial charge in [-0.05, 0) is 12.8 Å². The average molecular weight is 395 g/mol. The van der Waals surface area contributed by atoms with Crippen LogP contribution >= 0.6 is 0 Å². The SMILES string of the molecule is Cc1ccc(-c2nn(-c3cnn(C)c3)c(=O)c(C(N)=O)c2C(CO)C(C)C)cc1. The van der Waals surface area contributed by atoms with Crippen molar-refractivity contribution in [1.29, 1.82) is 0 Å². The molecule has 1 amide bonds. The molecule has 29 heavy (non-hydrogen) atoms. The molecule has 8 nitrogen and oxygen atoms in total. The molecular weight excluding hydrogens is 370 g/mol. The summed E-state index contributed by atoms with van der Waals surface area (Å²) in [7, 11) is 1.72. The zero-order chi connectivity index (χ0) is 21.3. The third-order valence-electron chi connectivity index (χ3n) is 5.01. The van der Waals surface area contributed by atoms with E-state index in [-0.39, 0.29) is 18.1 Å². The van der Waals surface area contributed by atoms with Crippen LogP contribution in [0.2, 0.25) is 0 Å². The summed E-state index contributed by atoms with van der Waals surface area (Å²) in [5, 5.41) is 18.7. The van der Waals surface area contributed by atoms with Crippen molar-refractivity contribution in [3.05, 3.63) is 63.7 Å². The second-order valence-corrected chi connectivity index (χ2v) is 7.49. The number of nitrogens with zero attached hydrogens (tertiary/aromatic N) is 4. The molecule has 0 saturated heterocycles. The largest absolute Gasteiger partial charge is 0.396 e. The number of amides is 1. The molecule has 0 aliphatic carbocycles. The lowest BCUT2D eigenvalue weighted by molar-refractivity contribution is 0.0996. The van der Waals surface area contributed by atoms with Crippen LogP contribution in [0, 0.1) is 12.8 Å². The number of hydrogen-bond donors (Lipinski definition) is 2. The van der Waals surface area contributed by atoms with Gasteiger partial charge in [-0.25, -0.2) is 0 Å². The van der Waals surface area contributed by atoms with Gasteiger partial charge in [0.2, 0.25) is 0 Å². The molecule has 1 atom stereocenters. The van der Waals surface area contributed by atoms with E-state index in [0.29, 0.717) is 16.9 Å². The van der Waals surface area contributed by atoms with E-state index >= 15 is 0 Å². The van der Waals surface area contributed by atoms with Gasteiger partial charge < -0.3 is 10.8 Å². The maximum absolute atomic E-state index is 13.2. The van der Waals surface area contributed by atoms with E-state index in [1.807, 2.05) is 45.0 Å². The van der Waals surface area contributed by atoms with E-state index in [0.717, 1.165) is 15.8 Å². The normalized spacial score (nSPS) is 12.3. The van der Waals surface area contributed by atoms with Gasteiger partial charge in [0.15, 0.2) is 0 Å². The number of rotatable bonds is 6. The molecule has 0 fully saturated rings. The van der Waals surface area contributed by atoms with Crippen LogP contribution in [0.4, 0.5) is 0 Å². The fraction of sp³-hybridized carbons (Fsp3) is 0.333. The Bertz CT molecular complexity index is 1100. The van der Waals surface area contributed by atoms with Crippen molar-refractivity contribution < 1.29 is 9.90 Å². The van der Waals surface area contributed by atoms with Gasteiger partial charge >= 0.3 is 0 Å². The molecule has 3 rings (SSSR count). The lowest BCUT2D eigenvalue weighted by Crippen LogP contribution is -2.35. The van der Waals surface area contributed by atoms with Gasteiger partial charge in [-0.2, -0.15) is 14.9 Å². The molecule has 0 bridgehead atoms. The second-order valence-electron chi connectivity index (χ2n) is 7.49. The van der Waals surface area contributed by atoms with Crippen LogP contribution in [0.15, 0.2) is 41.5 Å². The highest BCUT2D eigenvalue weighted by molar-refractivity contribution is 5.96. The molecule has 0 aliphatic heterocycles. The Morgan fingerprint density at radius 3 is 2.38 bits per heavy atom. The van der Waals surface area contributed by atoms with E-state index < -0.39 is 17.4 Å². The molecule has 3 aromatic rings. The summed E-state index contributed by atoms with van der Waals surface area (Å²) >= 11 is 0. The molecule has 3 N–H and O–H groups in total. The van der Waals surface area contributed by atoms with Crippen molar-refractivity contribution in [3.63, 3.8) is 0 Å². The first-order valence-electron chi connectivity index (χ1n) is 9.38. The van der Waals surface area contributed by atoms with Gasteiger partial charge in [0.25, 0.3) is 11.5 Å². The number of benzene rings is 1. The lowest BCUT2D eigenvalue weighted by atomic mass is 9.84. The van der Waals surface area contributed by atoms with Crippen LogP contribution in [-0.2, 0) is 7.05 Å². The number of aliphatic hydroxyl groups excluding tert-OH is 1. The molecule has 0 radical (unpaired) electrons. The van der Waals surface area contributed by atoms with Crippen LogP contribution in [0.1, 0.15) is 41.3 Å². The molecule has 152 valence electrons. The zero-order valence-electron chi connectivity index (χ0n) is 17.0. The first-order valence-corrected chi connectivity index (χ1v) is 9.38. The molecule has 8 heteroatoms. The Morgan fingerprint density at radius 2 is 1.90 bits per heavy atom. The summed E-state index contributed by atoms with van der Waals surface area (Å²) < 4.78 is 2.68. The van der Waals surface area contributed by atoms with Gasteiger partial charge in [0, 0.05) is 24.1 Å². The monoisotopic (exact) mass is 395 g/mol. The Hall–Kier alpha value is -3.26. The Labute approximate surface area is 168 Å². The van der Waals surface area contributed by atoms with E-state index in [1.165, 1.54) is 10.9 Å². The standard InChI is InChI=1S/C21H25N5O3/c1-12(2)16(11-27)17-18(20(22)28)21(29)26(15-9-23-25(4)10-15)24-19(17)14-7-5-13(3)6-8-14/h5-10,12,16,27H,11H2,1-4H3,(H2,22,28). The van der Waals surface area contributed by atoms with Gasteiger partial charge in [-0.1, -0.05) is 43.7 Å². The zero-order valence-corrected chi connectivity index (χ0v) is 17.0. The van der Waals surface area contributed by atoms with Crippen LogP contribution < -0.4 is 11.3 Å². The highest BCUT2D eigenvalue weighted by Gasteiger charge is 2.30. The van der Waals surface area contributed by atoms with Crippen LogP contribution in [0.3, 0.4) is 0 Å². The number of hydrogen-bond acceptors (Lipinski definition) is 5. The molecular formula is C21H25N5O3. The number of carbonyl (C=O) groups excluding carboxylic acids is 1. The minimum absolute atomic E-state index is 0.0438. The number of aryl methyl sites for hydroxylation is 2. The maximum atomic E-state index is 13.2. The van der Waals surface area contributed by atoms with Crippen molar-refractivity contribution in [3.8, 4) is 16.9 Å². The highest BCUT2D eigenvalue weighted by Crippen LogP contribution is 2.33. The van der Waals surface area contributed by atoms with Crippen molar-refractivity contribution in [2.24, 2.45) is 18.7 Å². The first-order chi connectivity index (χ1) is 13.7. The van der Waals surface area contributed by atoms with Gasteiger partial charge in [0.1, 0.15) is 11.3 Å². The molecule has 1 unspecified atom stereocenters. The van der Waals surface area contributed by atoms with E-state index in [1.54, 1.807) is 13.2 Å². The van der Waals surface area contributed by atoms with Crippen molar-refractivity contribution in [2.45, 2.75) is 26.7 Å². The van der Waals surface area contributed by atoms with E-state index in [9.17, 15) is 14.7 Å². The predicted molar refractivity (Wildman–Crippen MR) is 110 cm³/mol. The van der Waals surface area contributed by atoms with E-state index in [4.69, 9.17) is 5.73 Å². The van der Waals surface area contributed by atoms with Crippen LogP contribution in [0.5, 0.6) is 0 Å². The Balaban J connectivity index is 2.44. The number of nitrogens with two attached hydrogens (primary N) is 1. The maximum Gasteiger partial charge on any atom is 0.284 e. The van der Waals surface area contributed by atoms with Crippen molar-refractivity contribution >= 4 is 5.91 Å². The number of carbonyl (C=O) groups is 1. The van der Waals surface area contributed by atoms with Gasteiger partial charge in [-0.3, -0.25) is 14.3 Å². The Morgan fingerprint density at radius 1 is 1.24 bits per heavy atom. The lowest BCUT2D eigenvalue weighted by Gasteiger charge is -2.24. The number of primary amides is 1. The molecule has 0 aliphatic rings. The fourth-order valence-electron chi connectivity index (χ4n) is 3.39. The van der Waals surface area contributed by atoms with Crippen molar-refractivity contribution in [2.75, 3.05) is 6.61 Å². The molecule has 1 aromatic carbocycles. The minimum atomic E-state index is -0.850. The van der Waals surface area contributed by atoms with E-state index in [2.05, 4.69) is 10.2 Å². The van der Waals surface area contributed by atoms with Crippen LogP contribution in [0.25, 0.3) is 16.9 Å². The summed E-state index contributed by atoms with van der Waals surface area (Å²) in [6.45, 7) is 5.55. The number of aromatic nitrogens is 4. The molecule has 0 saturated carbocycles. The summed E-state index contributed by atoms with van der Waals surface area (Å²) in [4.78, 5) is 25.6. The quantitative estimate of drug-likeness (QED) is 0.660. The topological polar surface area (TPSA) is 116 Å². The predicted octanol–water partition coefficient (Wildman–Crippen LogP) is 1.77. The summed E-state index contributed by atoms with van der Waals surface area (Å²) in [5.41, 5.74) is 7.89. The fourth-order valence-corrected chi connectivity index (χ4v) is 3.39. The molecule has 2 heterocycles. The first kappa shape index (κ1) is 20.5. The third-order valence-corrected chi connectivity index (χ3v) is 5.01.